The number of H-pyrrole nitrogens is 1. The zero-order chi connectivity index (χ0) is 16.4. The number of nitrogens with zero attached hydrogens (tertiary/aromatic N) is 2. The molecule has 2 N–H and O–H groups in total. The molecule has 124 valence electrons. The van der Waals surface area contributed by atoms with Gasteiger partial charge in [-0.25, -0.2) is 4.39 Å². The number of β-amino-alcohol motifs (C(OH)–C–C–N with tert-alkyl or cyclic N) is 1. The quantitative estimate of drug-likeness (QED) is 0.884. The summed E-state index contributed by atoms with van der Waals surface area (Å²) in [6.07, 6.45) is 0.309. The van der Waals surface area contributed by atoms with E-state index in [1.807, 2.05) is 13.0 Å². The molecule has 0 amide bonds. The van der Waals surface area contributed by atoms with E-state index in [0.717, 1.165) is 24.4 Å². The number of aromatic nitrogens is 2. The highest BCUT2D eigenvalue weighted by Gasteiger charge is 2.32. The summed E-state index contributed by atoms with van der Waals surface area (Å²) in [7, 11) is 1.57. The van der Waals surface area contributed by atoms with Crippen molar-refractivity contribution in [3.63, 3.8) is 0 Å². The van der Waals surface area contributed by atoms with Crippen LogP contribution in [0.25, 0.3) is 0 Å². The Hall–Kier alpha value is -1.92. The van der Waals surface area contributed by atoms with Gasteiger partial charge in [-0.1, -0.05) is 0 Å². The molecule has 0 spiro atoms. The molecular weight excluding hydrogens is 297 g/mol. The molecule has 3 rings (SSSR count). The number of hydrogen-bond donors (Lipinski definition) is 2. The zero-order valence-electron chi connectivity index (χ0n) is 13.4. The number of aryl methyl sites for hydroxylation is 1. The molecule has 0 saturated carbocycles. The van der Waals surface area contributed by atoms with Gasteiger partial charge in [-0.3, -0.25) is 10.00 Å². The summed E-state index contributed by atoms with van der Waals surface area (Å²) in [6.45, 7) is 3.70. The number of ether oxygens (including phenoxy) is 1. The Balaban J connectivity index is 1.64. The van der Waals surface area contributed by atoms with Gasteiger partial charge in [0.05, 0.1) is 18.9 Å². The lowest BCUT2D eigenvalue weighted by molar-refractivity contribution is 0.140. The SMILES string of the molecule is COc1ccc(F)c(CN2C[C@@H](Cc3cc(C)[nH]n3)[C@H](O)C2)c1. The molecule has 2 atom stereocenters. The first-order chi connectivity index (χ1) is 11.0. The number of likely N-dealkylation sites (tertiary alicyclic amines) is 1. The first-order valence-corrected chi connectivity index (χ1v) is 7.79. The van der Waals surface area contributed by atoms with Crippen LogP contribution in [0.15, 0.2) is 24.3 Å². The topological polar surface area (TPSA) is 61.4 Å². The third kappa shape index (κ3) is 3.71. The molecular formula is C17H22FN3O2. The predicted molar refractivity (Wildman–Crippen MR) is 84.8 cm³/mol. The smallest absolute Gasteiger partial charge is 0.127 e. The third-order valence-electron chi connectivity index (χ3n) is 4.36. The van der Waals surface area contributed by atoms with E-state index in [0.29, 0.717) is 24.4 Å². The second-order valence-corrected chi connectivity index (χ2v) is 6.23. The Morgan fingerprint density at radius 1 is 1.39 bits per heavy atom. The fourth-order valence-corrected chi connectivity index (χ4v) is 3.16. The third-order valence-corrected chi connectivity index (χ3v) is 4.36. The van der Waals surface area contributed by atoms with Gasteiger partial charge in [-0.15, -0.1) is 0 Å². The van der Waals surface area contributed by atoms with Crippen molar-refractivity contribution < 1.29 is 14.2 Å². The van der Waals surface area contributed by atoms with Crippen LogP contribution in [0.4, 0.5) is 4.39 Å². The van der Waals surface area contributed by atoms with E-state index in [1.165, 1.54) is 6.07 Å². The van der Waals surface area contributed by atoms with Crippen LogP contribution in [0.3, 0.4) is 0 Å². The van der Waals surface area contributed by atoms with Crippen LogP contribution in [-0.2, 0) is 13.0 Å². The molecule has 2 aromatic rings. The normalized spacial score (nSPS) is 21.7. The standard InChI is InChI=1S/C17H22FN3O2/c1-11-5-14(20-19-11)6-13-9-21(10-17(13)22)8-12-7-15(23-2)3-4-16(12)18/h3-5,7,13,17,22H,6,8-10H2,1-2H3,(H,19,20)/t13-,17-/m1/s1. The summed E-state index contributed by atoms with van der Waals surface area (Å²) in [4.78, 5) is 2.08. The summed E-state index contributed by atoms with van der Waals surface area (Å²) in [5.41, 5.74) is 2.57. The molecule has 0 radical (unpaired) electrons. The van der Waals surface area contributed by atoms with Crippen LogP contribution in [0.2, 0.25) is 0 Å². The summed E-state index contributed by atoms with van der Waals surface area (Å²) in [5.74, 6) is 0.516. The number of rotatable bonds is 5. The van der Waals surface area contributed by atoms with Crippen molar-refractivity contribution in [1.29, 1.82) is 0 Å². The van der Waals surface area contributed by atoms with E-state index in [1.54, 1.807) is 19.2 Å². The number of methoxy groups -OCH3 is 1. The molecule has 1 fully saturated rings. The number of hydrogen-bond acceptors (Lipinski definition) is 4. The summed E-state index contributed by atoms with van der Waals surface area (Å²) in [6, 6.07) is 6.74. The lowest BCUT2D eigenvalue weighted by atomic mass is 10.0. The highest BCUT2D eigenvalue weighted by Crippen LogP contribution is 2.25. The van der Waals surface area contributed by atoms with Crippen LogP contribution in [0.1, 0.15) is 17.0 Å². The van der Waals surface area contributed by atoms with Crippen LogP contribution < -0.4 is 4.74 Å². The lowest BCUT2D eigenvalue weighted by Gasteiger charge is -2.16. The molecule has 5 nitrogen and oxygen atoms in total. The number of benzene rings is 1. The van der Waals surface area contributed by atoms with Gasteiger partial charge in [-0.2, -0.15) is 5.10 Å². The van der Waals surface area contributed by atoms with Gasteiger partial charge in [-0.05, 0) is 37.6 Å². The van der Waals surface area contributed by atoms with Crippen LogP contribution >= 0.6 is 0 Å². The summed E-state index contributed by atoms with van der Waals surface area (Å²) in [5, 5.41) is 17.4. The molecule has 1 aliphatic rings. The minimum Gasteiger partial charge on any atom is -0.497 e. The van der Waals surface area contributed by atoms with Crippen molar-refractivity contribution in [3.05, 3.63) is 47.0 Å². The average Bonchev–Trinajstić information content (AvgIpc) is 3.08. The fourth-order valence-electron chi connectivity index (χ4n) is 3.16. The molecule has 1 aliphatic heterocycles. The van der Waals surface area contributed by atoms with Crippen molar-refractivity contribution in [3.8, 4) is 5.75 Å². The molecule has 23 heavy (non-hydrogen) atoms. The van der Waals surface area contributed by atoms with Crippen molar-refractivity contribution in [2.45, 2.75) is 26.0 Å². The Labute approximate surface area is 135 Å². The van der Waals surface area contributed by atoms with E-state index in [9.17, 15) is 9.50 Å². The van der Waals surface area contributed by atoms with Crippen LogP contribution in [0.5, 0.6) is 5.75 Å². The second kappa shape index (κ2) is 6.68. The van der Waals surface area contributed by atoms with Gasteiger partial charge >= 0.3 is 0 Å². The van der Waals surface area contributed by atoms with Crippen LogP contribution in [-0.4, -0.2) is 46.5 Å². The van der Waals surface area contributed by atoms with E-state index in [4.69, 9.17) is 4.74 Å². The molecule has 1 aromatic carbocycles. The van der Waals surface area contributed by atoms with Crippen molar-refractivity contribution in [1.82, 2.24) is 15.1 Å². The van der Waals surface area contributed by atoms with Gasteiger partial charge in [0, 0.05) is 36.8 Å². The van der Waals surface area contributed by atoms with Gasteiger partial charge in [0.2, 0.25) is 0 Å². The number of aliphatic hydroxyl groups excluding tert-OH is 1. The highest BCUT2D eigenvalue weighted by molar-refractivity contribution is 5.29. The lowest BCUT2D eigenvalue weighted by Crippen LogP contribution is -2.22. The largest absolute Gasteiger partial charge is 0.497 e. The van der Waals surface area contributed by atoms with Crippen molar-refractivity contribution in [2.24, 2.45) is 5.92 Å². The molecule has 6 heteroatoms. The number of aromatic amines is 1. The minimum atomic E-state index is -0.416. The minimum absolute atomic E-state index is 0.117. The maximum absolute atomic E-state index is 13.9. The van der Waals surface area contributed by atoms with E-state index in [2.05, 4.69) is 15.1 Å². The van der Waals surface area contributed by atoms with Crippen LogP contribution in [0, 0.1) is 18.7 Å². The molecule has 1 aromatic heterocycles. The predicted octanol–water partition coefficient (Wildman–Crippen LogP) is 1.90. The maximum atomic E-state index is 13.9. The average molecular weight is 319 g/mol. The van der Waals surface area contributed by atoms with Crippen molar-refractivity contribution in [2.75, 3.05) is 20.2 Å². The molecule has 2 heterocycles. The number of nitrogens with one attached hydrogen (secondary N) is 1. The van der Waals surface area contributed by atoms with Gasteiger partial charge in [0.15, 0.2) is 0 Å². The molecule has 0 aliphatic carbocycles. The Morgan fingerprint density at radius 3 is 2.91 bits per heavy atom. The maximum Gasteiger partial charge on any atom is 0.127 e. The van der Waals surface area contributed by atoms with Gasteiger partial charge < -0.3 is 9.84 Å². The molecule has 0 unspecified atom stereocenters. The first-order valence-electron chi connectivity index (χ1n) is 7.79. The number of halogens is 1. The first kappa shape index (κ1) is 16.0. The fraction of sp³-hybridized carbons (Fsp3) is 0.471. The van der Waals surface area contributed by atoms with E-state index < -0.39 is 6.10 Å². The Kier molecular flexibility index (Phi) is 4.63. The molecule has 0 bridgehead atoms. The number of aliphatic hydroxyl groups is 1. The van der Waals surface area contributed by atoms with E-state index in [-0.39, 0.29) is 11.7 Å². The molecule has 1 saturated heterocycles. The Bertz CT molecular complexity index is 674. The van der Waals surface area contributed by atoms with Gasteiger partial charge in [0.1, 0.15) is 11.6 Å². The Morgan fingerprint density at radius 2 is 2.22 bits per heavy atom. The van der Waals surface area contributed by atoms with Crippen molar-refractivity contribution >= 4 is 0 Å². The van der Waals surface area contributed by atoms with Gasteiger partial charge in [0.25, 0.3) is 0 Å². The summed E-state index contributed by atoms with van der Waals surface area (Å²) < 4.78 is 19.1. The van der Waals surface area contributed by atoms with E-state index >= 15 is 0 Å². The zero-order valence-corrected chi connectivity index (χ0v) is 13.4. The highest BCUT2D eigenvalue weighted by atomic mass is 19.1. The monoisotopic (exact) mass is 319 g/mol. The summed E-state index contributed by atoms with van der Waals surface area (Å²) >= 11 is 0. The second-order valence-electron chi connectivity index (χ2n) is 6.23.